The first-order valence-corrected chi connectivity index (χ1v) is 8.47. The second-order valence-electron chi connectivity index (χ2n) is 6.12. The third-order valence-electron chi connectivity index (χ3n) is 3.32. The second-order valence-corrected chi connectivity index (χ2v) is 7.98. The molecule has 5 heteroatoms. The molecule has 0 saturated heterocycles. The quantitative estimate of drug-likeness (QED) is 0.858. The fourth-order valence-electron chi connectivity index (χ4n) is 2.17. The van der Waals surface area contributed by atoms with Crippen LogP contribution in [0.4, 0.5) is 4.39 Å². The van der Waals surface area contributed by atoms with Crippen LogP contribution in [-0.2, 0) is 16.6 Å². The molecule has 2 aromatic rings. The van der Waals surface area contributed by atoms with Gasteiger partial charge in [0.2, 0.25) is 10.0 Å². The molecule has 0 atom stereocenters. The first-order valence-electron chi connectivity index (χ1n) is 7.03. The molecule has 3 nitrogen and oxygen atoms in total. The van der Waals surface area contributed by atoms with Crippen molar-refractivity contribution in [3.8, 4) is 0 Å². The van der Waals surface area contributed by atoms with Gasteiger partial charge in [-0.25, -0.2) is 12.8 Å². The van der Waals surface area contributed by atoms with Crippen LogP contribution in [0.2, 0.25) is 0 Å². The Hall–Kier alpha value is -1.72. The molecule has 0 radical (unpaired) electrons. The van der Waals surface area contributed by atoms with Gasteiger partial charge in [0.05, 0.1) is 4.90 Å². The van der Waals surface area contributed by atoms with Crippen LogP contribution in [0.1, 0.15) is 26.3 Å². The molecule has 0 heterocycles. The van der Waals surface area contributed by atoms with Gasteiger partial charge >= 0.3 is 0 Å². The lowest BCUT2D eigenvalue weighted by Crippen LogP contribution is -2.44. The summed E-state index contributed by atoms with van der Waals surface area (Å²) in [5.74, 6) is -0.454. The highest BCUT2D eigenvalue weighted by atomic mass is 32.2. The average molecular weight is 321 g/mol. The van der Waals surface area contributed by atoms with Gasteiger partial charge in [-0.05, 0) is 50.6 Å². The van der Waals surface area contributed by atoms with Crippen molar-refractivity contribution in [2.45, 2.75) is 37.8 Å². The molecule has 0 N–H and O–H groups in total. The highest BCUT2D eigenvalue weighted by Gasteiger charge is 2.33. The molecule has 0 spiro atoms. The molecule has 0 saturated carbocycles. The Balaban J connectivity index is 2.43. The summed E-state index contributed by atoms with van der Waals surface area (Å²) in [5, 5.41) is 0. The van der Waals surface area contributed by atoms with Crippen LogP contribution in [0, 0.1) is 5.82 Å². The van der Waals surface area contributed by atoms with Crippen LogP contribution in [0.25, 0.3) is 0 Å². The number of benzene rings is 2. The summed E-state index contributed by atoms with van der Waals surface area (Å²) in [6, 6.07) is 14.3. The van der Waals surface area contributed by atoms with Gasteiger partial charge in [-0.2, -0.15) is 4.31 Å². The summed E-state index contributed by atoms with van der Waals surface area (Å²) < 4.78 is 40.3. The summed E-state index contributed by atoms with van der Waals surface area (Å²) in [6.45, 7) is 5.80. The molecule has 0 aliphatic heterocycles. The van der Waals surface area contributed by atoms with E-state index in [0.717, 1.165) is 17.7 Å². The van der Waals surface area contributed by atoms with Gasteiger partial charge in [-0.15, -0.1) is 0 Å². The molecular formula is C17H20FNO2S. The smallest absolute Gasteiger partial charge is 0.207 e. The maximum absolute atomic E-state index is 13.0. The van der Waals surface area contributed by atoms with Crippen LogP contribution in [0.15, 0.2) is 59.5 Å². The monoisotopic (exact) mass is 321 g/mol. The lowest BCUT2D eigenvalue weighted by molar-refractivity contribution is 0.242. The highest BCUT2D eigenvalue weighted by molar-refractivity contribution is 7.89. The summed E-state index contributed by atoms with van der Waals surface area (Å²) in [6.07, 6.45) is 0. The van der Waals surface area contributed by atoms with Crippen molar-refractivity contribution in [2.75, 3.05) is 0 Å². The Morgan fingerprint density at radius 2 is 1.50 bits per heavy atom. The van der Waals surface area contributed by atoms with Crippen LogP contribution in [-0.4, -0.2) is 18.3 Å². The van der Waals surface area contributed by atoms with Crippen molar-refractivity contribution in [2.24, 2.45) is 0 Å². The molecule has 0 fully saturated rings. The van der Waals surface area contributed by atoms with Gasteiger partial charge in [-0.3, -0.25) is 0 Å². The number of sulfonamides is 1. The van der Waals surface area contributed by atoms with Crippen molar-refractivity contribution in [1.29, 1.82) is 0 Å². The SMILES string of the molecule is CC(C)(C)N(Cc1ccccc1)S(=O)(=O)c1ccc(F)cc1. The van der Waals surface area contributed by atoms with E-state index in [4.69, 9.17) is 0 Å². The third-order valence-corrected chi connectivity index (χ3v) is 5.44. The van der Waals surface area contributed by atoms with E-state index in [1.165, 1.54) is 16.4 Å². The van der Waals surface area contributed by atoms with Gasteiger partial charge < -0.3 is 0 Å². The summed E-state index contributed by atoms with van der Waals surface area (Å²) >= 11 is 0. The summed E-state index contributed by atoms with van der Waals surface area (Å²) in [5.41, 5.74) is 0.311. The first kappa shape index (κ1) is 16.6. The zero-order valence-electron chi connectivity index (χ0n) is 13.0. The molecule has 0 aliphatic rings. The van der Waals surface area contributed by atoms with Gasteiger partial charge in [0, 0.05) is 12.1 Å². The summed E-state index contributed by atoms with van der Waals surface area (Å²) in [4.78, 5) is 0.0970. The number of nitrogens with zero attached hydrogens (tertiary/aromatic N) is 1. The number of halogens is 1. The largest absolute Gasteiger partial charge is 0.243 e. The van der Waals surface area contributed by atoms with Crippen molar-refractivity contribution < 1.29 is 12.8 Å². The minimum Gasteiger partial charge on any atom is -0.207 e. The molecule has 0 aliphatic carbocycles. The van der Waals surface area contributed by atoms with E-state index in [9.17, 15) is 12.8 Å². The van der Waals surface area contributed by atoms with Crippen molar-refractivity contribution in [1.82, 2.24) is 4.31 Å². The van der Waals surface area contributed by atoms with Crippen LogP contribution < -0.4 is 0 Å². The zero-order chi connectivity index (χ0) is 16.4. The normalized spacial score (nSPS) is 12.6. The van der Waals surface area contributed by atoms with E-state index in [-0.39, 0.29) is 11.4 Å². The standard InChI is InChI=1S/C17H20FNO2S/c1-17(2,3)19(13-14-7-5-4-6-8-14)22(20,21)16-11-9-15(18)10-12-16/h4-12H,13H2,1-3H3. The van der Waals surface area contributed by atoms with E-state index in [1.807, 2.05) is 51.1 Å². The lowest BCUT2D eigenvalue weighted by atomic mass is 10.1. The molecule has 0 aromatic heterocycles. The van der Waals surface area contributed by atoms with E-state index < -0.39 is 21.4 Å². The third kappa shape index (κ3) is 3.72. The highest BCUT2D eigenvalue weighted by Crippen LogP contribution is 2.26. The zero-order valence-corrected chi connectivity index (χ0v) is 13.8. The Morgan fingerprint density at radius 1 is 0.955 bits per heavy atom. The summed E-state index contributed by atoms with van der Waals surface area (Å²) in [7, 11) is -3.71. The Bertz CT molecular complexity index is 720. The molecule has 118 valence electrons. The van der Waals surface area contributed by atoms with Gasteiger partial charge in [0.1, 0.15) is 5.82 Å². The van der Waals surface area contributed by atoms with Crippen molar-refractivity contribution >= 4 is 10.0 Å². The van der Waals surface area contributed by atoms with Gasteiger partial charge in [0.25, 0.3) is 0 Å². The molecule has 0 amide bonds. The topological polar surface area (TPSA) is 37.4 Å². The second kappa shape index (κ2) is 6.18. The number of hydrogen-bond donors (Lipinski definition) is 0. The fourth-order valence-corrected chi connectivity index (χ4v) is 3.94. The maximum atomic E-state index is 13.0. The van der Waals surface area contributed by atoms with E-state index in [2.05, 4.69) is 0 Å². The molecule has 2 rings (SSSR count). The predicted molar refractivity (Wildman–Crippen MR) is 85.3 cm³/mol. The van der Waals surface area contributed by atoms with Crippen LogP contribution in [0.3, 0.4) is 0 Å². The molecule has 0 bridgehead atoms. The number of hydrogen-bond acceptors (Lipinski definition) is 2. The molecule has 0 unspecified atom stereocenters. The average Bonchev–Trinajstić information content (AvgIpc) is 2.45. The van der Waals surface area contributed by atoms with Crippen LogP contribution >= 0.6 is 0 Å². The Labute approximate surface area is 131 Å². The predicted octanol–water partition coefficient (Wildman–Crippen LogP) is 3.82. The number of rotatable bonds is 4. The van der Waals surface area contributed by atoms with Gasteiger partial charge in [-0.1, -0.05) is 30.3 Å². The molecular weight excluding hydrogens is 301 g/mol. The van der Waals surface area contributed by atoms with Crippen molar-refractivity contribution in [3.05, 3.63) is 66.0 Å². The minimum atomic E-state index is -3.71. The molecule has 22 heavy (non-hydrogen) atoms. The van der Waals surface area contributed by atoms with Crippen LogP contribution in [0.5, 0.6) is 0 Å². The minimum absolute atomic E-state index is 0.0970. The lowest BCUT2D eigenvalue weighted by Gasteiger charge is -2.34. The maximum Gasteiger partial charge on any atom is 0.243 e. The van der Waals surface area contributed by atoms with E-state index in [1.54, 1.807) is 0 Å². The first-order chi connectivity index (χ1) is 10.2. The fraction of sp³-hybridized carbons (Fsp3) is 0.294. The van der Waals surface area contributed by atoms with Gasteiger partial charge in [0.15, 0.2) is 0 Å². The van der Waals surface area contributed by atoms with Crippen molar-refractivity contribution in [3.63, 3.8) is 0 Å². The Kier molecular flexibility index (Phi) is 4.68. The molecule has 2 aromatic carbocycles. The van der Waals surface area contributed by atoms with E-state index in [0.29, 0.717) is 0 Å². The van der Waals surface area contributed by atoms with E-state index >= 15 is 0 Å². The Morgan fingerprint density at radius 3 is 2.00 bits per heavy atom.